The maximum atomic E-state index is 12.1. The number of benzene rings is 1. The normalized spacial score (nSPS) is 29.9. The van der Waals surface area contributed by atoms with Crippen LogP contribution < -0.4 is 11.1 Å². The van der Waals surface area contributed by atoms with E-state index in [2.05, 4.69) is 28.2 Å². The maximum absolute atomic E-state index is 12.1. The second-order valence-corrected chi connectivity index (χ2v) is 6.48. The van der Waals surface area contributed by atoms with Crippen molar-refractivity contribution < 1.29 is 9.53 Å². The van der Waals surface area contributed by atoms with Gasteiger partial charge in [-0.25, -0.2) is 0 Å². The van der Waals surface area contributed by atoms with Gasteiger partial charge in [0.05, 0.1) is 12.2 Å². The van der Waals surface area contributed by atoms with E-state index in [0.717, 1.165) is 16.6 Å². The Kier molecular flexibility index (Phi) is 4.39. The number of anilines is 1. The Morgan fingerprint density at radius 3 is 2.80 bits per heavy atom. The molecule has 2 atom stereocenters. The minimum atomic E-state index is -0.757. The number of ether oxygens (including phenoxy) is 1. The number of para-hydroxylation sites is 1. The number of carbonyl (C=O) groups is 1. The zero-order chi connectivity index (χ0) is 14.8. The van der Waals surface area contributed by atoms with E-state index in [1.807, 2.05) is 31.2 Å². The van der Waals surface area contributed by atoms with E-state index in [0.29, 0.717) is 19.4 Å². The van der Waals surface area contributed by atoms with Crippen molar-refractivity contribution in [1.82, 2.24) is 0 Å². The fraction of sp³-hybridized carbons (Fsp3) is 0.533. The lowest BCUT2D eigenvalue weighted by atomic mass is 9.78. The Morgan fingerprint density at radius 2 is 2.20 bits per heavy atom. The number of hydrogen-bond donors (Lipinski definition) is 2. The molecule has 0 aliphatic carbocycles. The van der Waals surface area contributed by atoms with Gasteiger partial charge in [0.2, 0.25) is 5.91 Å². The summed E-state index contributed by atoms with van der Waals surface area (Å²) in [6, 6.07) is 7.75. The second kappa shape index (κ2) is 5.74. The van der Waals surface area contributed by atoms with Gasteiger partial charge in [-0.1, -0.05) is 19.1 Å². The van der Waals surface area contributed by atoms with Gasteiger partial charge in [0, 0.05) is 23.0 Å². The van der Waals surface area contributed by atoms with Crippen LogP contribution in [0.15, 0.2) is 28.7 Å². The Labute approximate surface area is 128 Å². The van der Waals surface area contributed by atoms with E-state index in [-0.39, 0.29) is 11.5 Å². The fourth-order valence-corrected chi connectivity index (χ4v) is 3.06. The predicted molar refractivity (Wildman–Crippen MR) is 83.6 cm³/mol. The molecule has 2 unspecified atom stereocenters. The molecule has 20 heavy (non-hydrogen) atoms. The first kappa shape index (κ1) is 15.3. The van der Waals surface area contributed by atoms with E-state index in [1.165, 1.54) is 0 Å². The Hall–Kier alpha value is -1.07. The van der Waals surface area contributed by atoms with Crippen LogP contribution in [0.3, 0.4) is 0 Å². The topological polar surface area (TPSA) is 64.3 Å². The average Bonchev–Trinajstić information content (AvgIpc) is 2.41. The minimum Gasteiger partial charge on any atom is -0.375 e. The van der Waals surface area contributed by atoms with Crippen molar-refractivity contribution in [1.29, 1.82) is 0 Å². The molecule has 5 heteroatoms. The van der Waals surface area contributed by atoms with Crippen LogP contribution in [0, 0.1) is 0 Å². The van der Waals surface area contributed by atoms with Gasteiger partial charge in [0.1, 0.15) is 5.54 Å². The number of rotatable bonds is 4. The molecule has 0 radical (unpaired) electrons. The van der Waals surface area contributed by atoms with Crippen molar-refractivity contribution in [2.45, 2.75) is 44.2 Å². The smallest absolute Gasteiger partial charge is 0.243 e. The maximum Gasteiger partial charge on any atom is 0.243 e. The van der Waals surface area contributed by atoms with E-state index in [1.54, 1.807) is 0 Å². The zero-order valence-corrected chi connectivity index (χ0v) is 13.5. The van der Waals surface area contributed by atoms with Gasteiger partial charge in [0.25, 0.3) is 0 Å². The molecule has 0 bridgehead atoms. The van der Waals surface area contributed by atoms with Gasteiger partial charge >= 0.3 is 0 Å². The predicted octanol–water partition coefficient (Wildman–Crippen LogP) is 3.06. The van der Waals surface area contributed by atoms with Crippen molar-refractivity contribution in [2.24, 2.45) is 5.73 Å². The second-order valence-electron chi connectivity index (χ2n) is 5.63. The quantitative estimate of drug-likeness (QED) is 0.885. The Balaban J connectivity index is 2.31. The van der Waals surface area contributed by atoms with Crippen LogP contribution in [0.25, 0.3) is 0 Å². The monoisotopic (exact) mass is 340 g/mol. The number of nitrogens with one attached hydrogen (secondary N) is 1. The molecule has 1 fully saturated rings. The van der Waals surface area contributed by atoms with Crippen LogP contribution in [0.4, 0.5) is 5.69 Å². The highest BCUT2D eigenvalue weighted by molar-refractivity contribution is 9.10. The van der Waals surface area contributed by atoms with E-state index < -0.39 is 5.54 Å². The molecule has 3 N–H and O–H groups in total. The molecule has 0 aromatic heterocycles. The number of amides is 1. The van der Waals surface area contributed by atoms with Crippen LogP contribution in [0.2, 0.25) is 0 Å². The van der Waals surface area contributed by atoms with Crippen LogP contribution in [0.5, 0.6) is 0 Å². The summed E-state index contributed by atoms with van der Waals surface area (Å²) in [5.74, 6) is -0.323. The third-order valence-electron chi connectivity index (χ3n) is 4.12. The molecule has 1 aliphatic rings. The minimum absolute atomic E-state index is 0.318. The summed E-state index contributed by atoms with van der Waals surface area (Å²) < 4.78 is 6.75. The van der Waals surface area contributed by atoms with Crippen molar-refractivity contribution in [2.75, 3.05) is 11.9 Å². The molecule has 2 rings (SSSR count). The van der Waals surface area contributed by atoms with Gasteiger partial charge in [-0.2, -0.15) is 0 Å². The van der Waals surface area contributed by atoms with Gasteiger partial charge in [0.15, 0.2) is 0 Å². The molecule has 4 nitrogen and oxygen atoms in total. The lowest BCUT2D eigenvalue weighted by Crippen LogP contribution is -2.59. The summed E-state index contributed by atoms with van der Waals surface area (Å²) in [6.45, 7) is 4.63. The van der Waals surface area contributed by atoms with Crippen LogP contribution in [0.1, 0.15) is 33.1 Å². The fourth-order valence-electron chi connectivity index (χ4n) is 2.68. The lowest BCUT2D eigenvalue weighted by Gasteiger charge is -2.45. The molecular weight excluding hydrogens is 320 g/mol. The zero-order valence-electron chi connectivity index (χ0n) is 11.9. The van der Waals surface area contributed by atoms with E-state index in [4.69, 9.17) is 10.5 Å². The molecule has 1 aliphatic heterocycles. The number of primary amides is 1. The average molecular weight is 341 g/mol. The summed E-state index contributed by atoms with van der Waals surface area (Å²) in [6.07, 6.45) is 2.01. The molecule has 1 heterocycles. The van der Waals surface area contributed by atoms with Gasteiger partial charge in [-0.3, -0.25) is 4.79 Å². The molecule has 0 saturated carbocycles. The molecule has 110 valence electrons. The van der Waals surface area contributed by atoms with Crippen molar-refractivity contribution in [3.8, 4) is 0 Å². The summed E-state index contributed by atoms with van der Waals surface area (Å²) in [7, 11) is 0. The number of carbonyl (C=O) groups excluding carboxylic acids is 1. The van der Waals surface area contributed by atoms with E-state index >= 15 is 0 Å². The summed E-state index contributed by atoms with van der Waals surface area (Å²) in [4.78, 5) is 12.1. The van der Waals surface area contributed by atoms with Crippen molar-refractivity contribution in [3.63, 3.8) is 0 Å². The number of hydrogen-bond acceptors (Lipinski definition) is 3. The van der Waals surface area contributed by atoms with E-state index in [9.17, 15) is 4.79 Å². The highest BCUT2D eigenvalue weighted by Crippen LogP contribution is 2.38. The van der Waals surface area contributed by atoms with Gasteiger partial charge in [-0.05, 0) is 41.4 Å². The molecule has 1 amide bonds. The molecular formula is C15H21BrN2O2. The number of halogens is 1. The molecule has 0 spiro atoms. The molecule has 1 aromatic rings. The summed E-state index contributed by atoms with van der Waals surface area (Å²) >= 11 is 3.50. The SMILES string of the molecule is CCC1(C)CC(Nc2ccccc2Br)(C(N)=O)CCO1. The summed E-state index contributed by atoms with van der Waals surface area (Å²) in [5, 5.41) is 3.35. The van der Waals surface area contributed by atoms with Crippen LogP contribution in [-0.4, -0.2) is 23.7 Å². The molecule has 1 saturated heterocycles. The van der Waals surface area contributed by atoms with Gasteiger partial charge < -0.3 is 15.8 Å². The first-order valence-electron chi connectivity index (χ1n) is 6.87. The van der Waals surface area contributed by atoms with Crippen molar-refractivity contribution >= 4 is 27.5 Å². The largest absolute Gasteiger partial charge is 0.375 e. The third-order valence-corrected chi connectivity index (χ3v) is 4.81. The standard InChI is InChI=1S/C15H21BrN2O2/c1-3-14(2)10-15(13(17)19,8-9-20-14)18-12-7-5-4-6-11(12)16/h4-7,18H,3,8-10H2,1-2H3,(H2,17,19). The first-order chi connectivity index (χ1) is 9.41. The van der Waals surface area contributed by atoms with Gasteiger partial charge in [-0.15, -0.1) is 0 Å². The van der Waals surface area contributed by atoms with Crippen molar-refractivity contribution in [3.05, 3.63) is 28.7 Å². The summed E-state index contributed by atoms with van der Waals surface area (Å²) in [5.41, 5.74) is 5.51. The Bertz CT molecular complexity index is 508. The first-order valence-corrected chi connectivity index (χ1v) is 7.67. The lowest BCUT2D eigenvalue weighted by molar-refractivity contribution is -0.135. The highest BCUT2D eigenvalue weighted by Gasteiger charge is 2.46. The third kappa shape index (κ3) is 2.99. The van der Waals surface area contributed by atoms with Crippen LogP contribution in [-0.2, 0) is 9.53 Å². The highest BCUT2D eigenvalue weighted by atomic mass is 79.9. The molecule has 1 aromatic carbocycles. The number of nitrogens with two attached hydrogens (primary N) is 1. The van der Waals surface area contributed by atoms with Crippen LogP contribution >= 0.6 is 15.9 Å². The Morgan fingerprint density at radius 1 is 1.50 bits per heavy atom.